The maximum Gasteiger partial charge on any atom is 0.333 e. The highest BCUT2D eigenvalue weighted by molar-refractivity contribution is 5.87. The lowest BCUT2D eigenvalue weighted by molar-refractivity contribution is -0.139. The van der Waals surface area contributed by atoms with Gasteiger partial charge in [-0.25, -0.2) is 14.4 Å². The molecule has 6 aromatic carbocycles. The molecule has 92 heavy (non-hydrogen) atoms. The normalized spacial score (nSPS) is 10.8. The van der Waals surface area contributed by atoms with Crippen molar-refractivity contribution < 1.29 is 38.8 Å². The summed E-state index contributed by atoms with van der Waals surface area (Å²) in [6, 6.07) is 50.2. The van der Waals surface area contributed by atoms with Gasteiger partial charge in [-0.2, -0.15) is 0 Å². The average molecular weight is 1250 g/mol. The van der Waals surface area contributed by atoms with Crippen LogP contribution in [-0.4, -0.2) is 54.5 Å². The zero-order chi connectivity index (χ0) is 66.6. The van der Waals surface area contributed by atoms with E-state index in [2.05, 4.69) is 174 Å². The minimum Gasteiger partial charge on any atom is -0.494 e. The zero-order valence-corrected chi connectivity index (χ0v) is 57.5. The zero-order valence-electron chi connectivity index (χ0n) is 57.5. The molecule has 0 radical (unpaired) electrons. The SMILES string of the molecule is C=C(C)C(=O)O.C=C(C)C(=O)OCCCCCCc1ccc(CCc2ccc(CCc3ccc(CCCCCCOC(=O)C(=C)C)cc3)c(C)c2)cc1.CCCCCCCCOc1ccc(CCc2ccc(CCc3ccc(CCCCCCO)cc3)c(C)c2)cc1. The summed E-state index contributed by atoms with van der Waals surface area (Å²) in [7, 11) is 0. The summed E-state index contributed by atoms with van der Waals surface area (Å²) >= 11 is 0. The fraction of sp³-hybridized carbons (Fsp3) is 0.464. The van der Waals surface area contributed by atoms with Gasteiger partial charge in [0.05, 0.1) is 19.8 Å². The number of carboxylic acid groups (broad SMARTS) is 1. The molecule has 6 rings (SSSR count). The number of carboxylic acids is 1. The smallest absolute Gasteiger partial charge is 0.333 e. The molecule has 0 aliphatic heterocycles. The van der Waals surface area contributed by atoms with Gasteiger partial charge in [0.2, 0.25) is 0 Å². The minimum atomic E-state index is -0.935. The Bertz CT molecular complexity index is 3050. The van der Waals surface area contributed by atoms with E-state index in [4.69, 9.17) is 24.4 Å². The molecule has 0 spiro atoms. The number of unbranched alkanes of at least 4 members (excludes halogenated alkanes) is 14. The van der Waals surface area contributed by atoms with Gasteiger partial charge in [-0.15, -0.1) is 0 Å². The van der Waals surface area contributed by atoms with Gasteiger partial charge in [-0.1, -0.05) is 219 Å². The first kappa shape index (κ1) is 77.2. The number of carbonyl (C=O) groups is 3. The number of esters is 2. The molecule has 8 nitrogen and oxygen atoms in total. The second kappa shape index (κ2) is 46.7. The van der Waals surface area contributed by atoms with Gasteiger partial charge in [0.1, 0.15) is 5.75 Å². The number of carbonyl (C=O) groups excluding carboxylic acids is 2. The van der Waals surface area contributed by atoms with E-state index < -0.39 is 5.97 Å². The number of aliphatic hydroxyl groups excluding tert-OH is 1. The van der Waals surface area contributed by atoms with Gasteiger partial charge in [-0.05, 0) is 235 Å². The molecule has 6 aromatic rings. The predicted molar refractivity (Wildman–Crippen MR) is 384 cm³/mol. The topological polar surface area (TPSA) is 119 Å². The average Bonchev–Trinajstić information content (AvgIpc) is 1.45. The molecular weight excluding hydrogens is 1140 g/mol. The van der Waals surface area contributed by atoms with Crippen LogP contribution in [-0.2, 0) is 94.5 Å². The first-order chi connectivity index (χ1) is 44.5. The van der Waals surface area contributed by atoms with Crippen molar-refractivity contribution in [2.45, 2.75) is 228 Å². The molecule has 0 aliphatic carbocycles. The summed E-state index contributed by atoms with van der Waals surface area (Å²) in [4.78, 5) is 32.4. The molecule has 0 atom stereocenters. The van der Waals surface area contributed by atoms with Gasteiger partial charge in [0, 0.05) is 23.3 Å². The van der Waals surface area contributed by atoms with Crippen LogP contribution < -0.4 is 4.74 Å². The van der Waals surface area contributed by atoms with Gasteiger partial charge in [0.25, 0.3) is 0 Å². The molecule has 498 valence electrons. The van der Waals surface area contributed by atoms with E-state index in [9.17, 15) is 14.4 Å². The Morgan fingerprint density at radius 2 is 0.630 bits per heavy atom. The maximum absolute atomic E-state index is 11.4. The van der Waals surface area contributed by atoms with E-state index in [0.29, 0.717) is 31.0 Å². The van der Waals surface area contributed by atoms with Gasteiger partial charge in [-0.3, -0.25) is 0 Å². The number of hydrogen-bond donors (Lipinski definition) is 2. The third-order valence-electron chi connectivity index (χ3n) is 17.0. The summed E-state index contributed by atoms with van der Waals surface area (Å²) in [5.41, 5.74) is 19.4. The monoisotopic (exact) mass is 1250 g/mol. The number of aliphatic hydroxyl groups is 1. The first-order valence-electron chi connectivity index (χ1n) is 34.8. The number of hydrogen-bond acceptors (Lipinski definition) is 7. The molecule has 0 heterocycles. The summed E-state index contributed by atoms with van der Waals surface area (Å²) < 4.78 is 16.3. The predicted octanol–water partition coefficient (Wildman–Crippen LogP) is 20.1. The van der Waals surface area contributed by atoms with Crippen LogP contribution in [0.25, 0.3) is 0 Å². The minimum absolute atomic E-state index is 0.176. The van der Waals surface area contributed by atoms with Crippen molar-refractivity contribution in [3.05, 3.63) is 242 Å². The molecule has 0 aliphatic rings. The van der Waals surface area contributed by atoms with Crippen molar-refractivity contribution >= 4 is 17.9 Å². The van der Waals surface area contributed by atoms with Gasteiger partial charge >= 0.3 is 17.9 Å². The van der Waals surface area contributed by atoms with Crippen molar-refractivity contribution in [2.24, 2.45) is 0 Å². The van der Waals surface area contributed by atoms with Crippen LogP contribution in [0.2, 0.25) is 0 Å². The number of benzene rings is 6. The Balaban J connectivity index is 0.000000365. The van der Waals surface area contributed by atoms with Crippen LogP contribution in [0, 0.1) is 13.8 Å². The highest BCUT2D eigenvalue weighted by Crippen LogP contribution is 2.22. The molecule has 0 unspecified atom stereocenters. The van der Waals surface area contributed by atoms with Crippen molar-refractivity contribution in [1.82, 2.24) is 0 Å². The van der Waals surface area contributed by atoms with Crippen molar-refractivity contribution in [2.75, 3.05) is 26.4 Å². The van der Waals surface area contributed by atoms with E-state index in [-0.39, 0.29) is 17.5 Å². The molecule has 0 bridgehead atoms. The van der Waals surface area contributed by atoms with E-state index in [1.165, 1.54) is 124 Å². The Labute approximate surface area is 556 Å². The third kappa shape index (κ3) is 34.4. The fourth-order valence-electron chi connectivity index (χ4n) is 10.9. The maximum atomic E-state index is 11.4. The molecule has 2 N–H and O–H groups in total. The van der Waals surface area contributed by atoms with Crippen LogP contribution in [0.3, 0.4) is 0 Å². The van der Waals surface area contributed by atoms with Gasteiger partial charge < -0.3 is 24.4 Å². The highest BCUT2D eigenvalue weighted by atomic mass is 16.5. The van der Waals surface area contributed by atoms with Crippen LogP contribution in [0.5, 0.6) is 5.75 Å². The Hall–Kier alpha value is -7.29. The van der Waals surface area contributed by atoms with E-state index in [1.807, 2.05) is 0 Å². The summed E-state index contributed by atoms with van der Waals surface area (Å²) in [5, 5.41) is 16.8. The fourth-order valence-corrected chi connectivity index (χ4v) is 10.9. The van der Waals surface area contributed by atoms with E-state index in [1.54, 1.807) is 13.8 Å². The molecule has 0 amide bonds. The van der Waals surface area contributed by atoms with Crippen LogP contribution in [0.4, 0.5) is 0 Å². The largest absolute Gasteiger partial charge is 0.494 e. The summed E-state index contributed by atoms with van der Waals surface area (Å²) in [6.07, 6.45) is 32.7. The number of aryl methyl sites for hydroxylation is 13. The van der Waals surface area contributed by atoms with Crippen LogP contribution in [0.15, 0.2) is 170 Å². The van der Waals surface area contributed by atoms with E-state index >= 15 is 0 Å². The first-order valence-corrected chi connectivity index (χ1v) is 34.8. The Morgan fingerprint density at radius 1 is 0.348 bits per heavy atom. The molecular formula is C84H114O8. The summed E-state index contributed by atoms with van der Waals surface area (Å²) in [5.74, 6) is -0.514. The summed E-state index contributed by atoms with van der Waals surface area (Å²) in [6.45, 7) is 24.1. The lowest BCUT2D eigenvalue weighted by Gasteiger charge is -2.10. The number of aliphatic carboxylic acids is 1. The van der Waals surface area contributed by atoms with E-state index in [0.717, 1.165) is 154 Å². The van der Waals surface area contributed by atoms with Crippen molar-refractivity contribution in [1.29, 1.82) is 0 Å². The molecule has 0 aromatic heterocycles. The lowest BCUT2D eigenvalue weighted by Crippen LogP contribution is -2.06. The Morgan fingerprint density at radius 3 is 0.967 bits per heavy atom. The quantitative estimate of drug-likeness (QED) is 0.0221. The second-order valence-corrected chi connectivity index (χ2v) is 25.4. The molecule has 0 saturated carbocycles. The van der Waals surface area contributed by atoms with Crippen LogP contribution in [0.1, 0.15) is 216 Å². The standard InChI is InChI=1S/C43H56O4.C37H52O2.C4H6O2/c1-33(2)42(44)46-30-12-8-6-10-14-36-16-20-38(21-17-36)24-25-40-27-29-41(35(5)32-40)28-26-39-22-18-37(19-23-39)15-11-7-9-13-31-47-43(45)34(3)4;1-3-4-5-6-9-12-29-39-37-26-22-34(23-27-37)18-19-35-21-25-36(31(2)30-35)24-20-33-16-14-32(15-17-33)13-10-7-8-11-28-38;1-3(2)4(5)6/h16-23,27,29,32H,1,3,6-15,24-26,28,30-31H2,2,4-5H3;14-17,21-23,25-27,30,38H,3-13,18-20,24,28-29H2,1-2H3;1H2,2H3,(H,5,6). The number of ether oxygens (including phenoxy) is 3. The molecule has 0 saturated heterocycles. The molecule has 0 fully saturated rings. The van der Waals surface area contributed by atoms with Crippen LogP contribution >= 0.6 is 0 Å². The van der Waals surface area contributed by atoms with Crippen molar-refractivity contribution in [3.63, 3.8) is 0 Å². The number of rotatable bonds is 43. The Kier molecular flexibility index (Phi) is 39.2. The molecule has 8 heteroatoms. The van der Waals surface area contributed by atoms with Gasteiger partial charge in [0.15, 0.2) is 0 Å². The van der Waals surface area contributed by atoms with Crippen molar-refractivity contribution in [3.8, 4) is 5.75 Å². The highest BCUT2D eigenvalue weighted by Gasteiger charge is 2.09. The lowest BCUT2D eigenvalue weighted by atomic mass is 9.95. The second-order valence-electron chi connectivity index (χ2n) is 25.4. The third-order valence-corrected chi connectivity index (χ3v) is 17.0.